The van der Waals surface area contributed by atoms with Crippen molar-refractivity contribution in [2.45, 2.75) is 32.1 Å². The molecule has 2 aliphatic rings. The van der Waals surface area contributed by atoms with Crippen molar-refractivity contribution in [3.8, 4) is 0 Å². The predicted octanol–water partition coefficient (Wildman–Crippen LogP) is 0.754. The fourth-order valence-corrected chi connectivity index (χ4v) is 2.84. The summed E-state index contributed by atoms with van der Waals surface area (Å²) >= 11 is 0. The number of carbonyl (C=O) groups excluding carboxylic acids is 1. The maximum Gasteiger partial charge on any atom is 0.230 e. The zero-order valence-corrected chi connectivity index (χ0v) is 9.91. The average molecular weight is 226 g/mol. The lowest BCUT2D eigenvalue weighted by Crippen LogP contribution is -2.52. The van der Waals surface area contributed by atoms with Crippen LogP contribution >= 0.6 is 0 Å². The van der Waals surface area contributed by atoms with E-state index in [0.29, 0.717) is 19.8 Å². The van der Waals surface area contributed by atoms with E-state index in [4.69, 9.17) is 10.5 Å². The highest BCUT2D eigenvalue weighted by molar-refractivity contribution is 5.83. The number of ether oxygens (including phenoxy) is 1. The minimum Gasteiger partial charge on any atom is -0.378 e. The third-order valence-corrected chi connectivity index (χ3v) is 3.95. The first-order valence-corrected chi connectivity index (χ1v) is 6.36. The molecule has 92 valence electrons. The van der Waals surface area contributed by atoms with E-state index in [0.717, 1.165) is 38.8 Å². The molecule has 1 heterocycles. The Hall–Kier alpha value is -0.610. The van der Waals surface area contributed by atoms with Gasteiger partial charge < -0.3 is 15.4 Å². The molecule has 4 heteroatoms. The first kappa shape index (κ1) is 11.9. The summed E-state index contributed by atoms with van der Waals surface area (Å²) in [7, 11) is 0. The molecule has 2 fully saturated rings. The Morgan fingerprint density at radius 2 is 1.81 bits per heavy atom. The normalized spacial score (nSPS) is 25.4. The molecule has 1 saturated carbocycles. The summed E-state index contributed by atoms with van der Waals surface area (Å²) in [5, 5.41) is 0. The number of nitrogens with two attached hydrogens (primary N) is 1. The Morgan fingerprint density at radius 1 is 1.19 bits per heavy atom. The number of nitrogens with zero attached hydrogens (tertiary/aromatic N) is 1. The van der Waals surface area contributed by atoms with E-state index in [-0.39, 0.29) is 11.3 Å². The van der Waals surface area contributed by atoms with Gasteiger partial charge in [0.1, 0.15) is 0 Å². The standard InChI is InChI=1S/C12H22N2O2/c13-10-12(4-2-1-3-5-12)11(15)14-6-8-16-9-7-14/h1-10,13H2. The second-order valence-corrected chi connectivity index (χ2v) is 4.95. The third kappa shape index (κ3) is 2.23. The second-order valence-electron chi connectivity index (χ2n) is 4.95. The van der Waals surface area contributed by atoms with Gasteiger partial charge in [-0.2, -0.15) is 0 Å². The molecule has 1 aliphatic heterocycles. The molecule has 0 atom stereocenters. The largest absolute Gasteiger partial charge is 0.378 e. The lowest BCUT2D eigenvalue weighted by atomic mass is 9.73. The van der Waals surface area contributed by atoms with Crippen molar-refractivity contribution in [3.63, 3.8) is 0 Å². The molecule has 0 aromatic rings. The van der Waals surface area contributed by atoms with Gasteiger partial charge in [-0.25, -0.2) is 0 Å². The predicted molar refractivity (Wildman–Crippen MR) is 62.0 cm³/mol. The number of amides is 1. The summed E-state index contributed by atoms with van der Waals surface area (Å²) in [5.41, 5.74) is 5.61. The van der Waals surface area contributed by atoms with Crippen LogP contribution in [0.25, 0.3) is 0 Å². The smallest absolute Gasteiger partial charge is 0.230 e. The van der Waals surface area contributed by atoms with E-state index in [9.17, 15) is 4.79 Å². The highest BCUT2D eigenvalue weighted by Crippen LogP contribution is 2.37. The van der Waals surface area contributed by atoms with E-state index in [1.807, 2.05) is 4.90 Å². The van der Waals surface area contributed by atoms with Crippen LogP contribution in [0.15, 0.2) is 0 Å². The lowest BCUT2D eigenvalue weighted by molar-refractivity contribution is -0.147. The van der Waals surface area contributed by atoms with Crippen LogP contribution in [0.4, 0.5) is 0 Å². The van der Waals surface area contributed by atoms with Gasteiger partial charge in [0, 0.05) is 19.6 Å². The molecule has 1 saturated heterocycles. The molecule has 16 heavy (non-hydrogen) atoms. The molecule has 4 nitrogen and oxygen atoms in total. The summed E-state index contributed by atoms with van der Waals surface area (Å²) < 4.78 is 5.28. The van der Waals surface area contributed by atoms with Crippen molar-refractivity contribution >= 4 is 5.91 Å². The van der Waals surface area contributed by atoms with Crippen LogP contribution in [-0.2, 0) is 9.53 Å². The van der Waals surface area contributed by atoms with Crippen LogP contribution in [0.2, 0.25) is 0 Å². The average Bonchev–Trinajstić information content (AvgIpc) is 2.39. The number of carbonyl (C=O) groups is 1. The fourth-order valence-electron chi connectivity index (χ4n) is 2.84. The third-order valence-electron chi connectivity index (χ3n) is 3.95. The maximum atomic E-state index is 12.5. The van der Waals surface area contributed by atoms with Crippen molar-refractivity contribution in [1.29, 1.82) is 0 Å². The van der Waals surface area contributed by atoms with Crippen molar-refractivity contribution in [2.75, 3.05) is 32.8 Å². The van der Waals surface area contributed by atoms with E-state index in [1.54, 1.807) is 0 Å². The molecule has 1 amide bonds. The summed E-state index contributed by atoms with van der Waals surface area (Å²) in [4.78, 5) is 14.4. The first-order valence-electron chi connectivity index (χ1n) is 6.36. The second kappa shape index (κ2) is 5.15. The highest BCUT2D eigenvalue weighted by Gasteiger charge is 2.40. The SMILES string of the molecule is NCC1(C(=O)N2CCOCC2)CCCCC1. The maximum absolute atomic E-state index is 12.5. The molecule has 0 unspecified atom stereocenters. The Morgan fingerprint density at radius 3 is 2.38 bits per heavy atom. The van der Waals surface area contributed by atoms with Crippen LogP contribution < -0.4 is 5.73 Å². The molecule has 0 spiro atoms. The molecule has 1 aliphatic carbocycles. The Bertz CT molecular complexity index is 243. The monoisotopic (exact) mass is 226 g/mol. The van der Waals surface area contributed by atoms with Gasteiger partial charge in [0.25, 0.3) is 0 Å². The fraction of sp³-hybridized carbons (Fsp3) is 0.917. The van der Waals surface area contributed by atoms with Crippen molar-refractivity contribution < 1.29 is 9.53 Å². The zero-order valence-electron chi connectivity index (χ0n) is 9.91. The van der Waals surface area contributed by atoms with Gasteiger partial charge in [-0.05, 0) is 12.8 Å². The molecular formula is C12H22N2O2. The van der Waals surface area contributed by atoms with Crippen molar-refractivity contribution in [1.82, 2.24) is 4.90 Å². The Labute approximate surface area is 97.1 Å². The highest BCUT2D eigenvalue weighted by atomic mass is 16.5. The molecule has 0 aromatic carbocycles. The van der Waals surface area contributed by atoms with Crippen LogP contribution in [0.5, 0.6) is 0 Å². The number of hydrogen-bond acceptors (Lipinski definition) is 3. The van der Waals surface area contributed by atoms with Crippen LogP contribution in [0, 0.1) is 5.41 Å². The van der Waals surface area contributed by atoms with Gasteiger partial charge in [0.05, 0.1) is 18.6 Å². The summed E-state index contributed by atoms with van der Waals surface area (Å²) in [6, 6.07) is 0. The van der Waals surface area contributed by atoms with Gasteiger partial charge in [-0.15, -0.1) is 0 Å². The quantitative estimate of drug-likeness (QED) is 0.756. The van der Waals surface area contributed by atoms with Crippen molar-refractivity contribution in [3.05, 3.63) is 0 Å². The molecule has 2 N–H and O–H groups in total. The van der Waals surface area contributed by atoms with Crippen molar-refractivity contribution in [2.24, 2.45) is 11.1 Å². The lowest BCUT2D eigenvalue weighted by Gasteiger charge is -2.40. The molecule has 2 rings (SSSR count). The Kier molecular flexibility index (Phi) is 3.82. The summed E-state index contributed by atoms with van der Waals surface area (Å²) in [5.74, 6) is 0.276. The molecular weight excluding hydrogens is 204 g/mol. The molecule has 0 radical (unpaired) electrons. The molecule has 0 bridgehead atoms. The summed E-state index contributed by atoms with van der Waals surface area (Å²) in [6.45, 7) is 3.32. The number of hydrogen-bond donors (Lipinski definition) is 1. The summed E-state index contributed by atoms with van der Waals surface area (Å²) in [6.07, 6.45) is 5.48. The Balaban J connectivity index is 2.04. The van der Waals surface area contributed by atoms with Crippen LogP contribution in [-0.4, -0.2) is 43.7 Å². The van der Waals surface area contributed by atoms with Gasteiger partial charge in [-0.3, -0.25) is 4.79 Å². The van der Waals surface area contributed by atoms with E-state index in [2.05, 4.69) is 0 Å². The van der Waals surface area contributed by atoms with Gasteiger partial charge >= 0.3 is 0 Å². The van der Waals surface area contributed by atoms with Gasteiger partial charge in [-0.1, -0.05) is 19.3 Å². The number of morpholine rings is 1. The molecule has 0 aromatic heterocycles. The zero-order chi connectivity index (χ0) is 11.4. The van der Waals surface area contributed by atoms with E-state index >= 15 is 0 Å². The number of rotatable bonds is 2. The van der Waals surface area contributed by atoms with E-state index in [1.165, 1.54) is 6.42 Å². The minimum atomic E-state index is -0.254. The first-order chi connectivity index (χ1) is 7.78. The topological polar surface area (TPSA) is 55.6 Å². The van der Waals surface area contributed by atoms with E-state index < -0.39 is 0 Å². The van der Waals surface area contributed by atoms with Crippen LogP contribution in [0.1, 0.15) is 32.1 Å². The van der Waals surface area contributed by atoms with Gasteiger partial charge in [0.15, 0.2) is 0 Å². The minimum absolute atomic E-state index is 0.254. The van der Waals surface area contributed by atoms with Crippen LogP contribution in [0.3, 0.4) is 0 Å². The van der Waals surface area contributed by atoms with Gasteiger partial charge in [0.2, 0.25) is 5.91 Å².